The third-order valence-electron chi connectivity index (χ3n) is 9.85. The quantitative estimate of drug-likeness (QED) is 0.520. The second kappa shape index (κ2) is 8.00. The summed E-state index contributed by atoms with van der Waals surface area (Å²) in [6, 6.07) is 0. The van der Waals surface area contributed by atoms with Gasteiger partial charge in [0, 0.05) is 25.2 Å². The fraction of sp³-hybridized carbons (Fsp3) is 0.880. The molecule has 0 amide bonds. The Labute approximate surface area is 190 Å². The van der Waals surface area contributed by atoms with Crippen molar-refractivity contribution in [2.24, 2.45) is 34.5 Å². The number of hydrogen-bond acceptors (Lipinski definition) is 7. The topological polar surface area (TPSA) is 99.1 Å². The Balaban J connectivity index is 1.70. The highest BCUT2D eigenvalue weighted by atomic mass is 16.5. The maximum absolute atomic E-state index is 12.6. The Morgan fingerprint density at radius 1 is 0.938 bits per heavy atom. The van der Waals surface area contributed by atoms with Crippen molar-refractivity contribution in [2.45, 2.75) is 96.9 Å². The minimum atomic E-state index is -0.992. The van der Waals surface area contributed by atoms with Crippen molar-refractivity contribution in [3.05, 3.63) is 0 Å². The molecule has 0 spiro atoms. The standard InChI is InChI=1S/C25H38O7/c1-14(26)31-17-8-10-23(3)16(12-17)6-7-18-21(23)20(32-15(2)27)13-24(4)19(22(28)30-5)9-11-25(18,24)29/h16-21,29H,6-13H2,1-5H3/t16?,17-,18?,19+,20?,21?,23-,24+,25-/m0/s1. The number of esters is 3. The Hall–Kier alpha value is -1.63. The van der Waals surface area contributed by atoms with Gasteiger partial charge in [0.25, 0.3) is 0 Å². The van der Waals surface area contributed by atoms with E-state index in [0.717, 1.165) is 32.1 Å². The molecule has 7 heteroatoms. The lowest BCUT2D eigenvalue weighted by Crippen LogP contribution is -2.67. The van der Waals surface area contributed by atoms with Crippen LogP contribution in [0.5, 0.6) is 0 Å². The fourth-order valence-electron chi connectivity index (χ4n) is 8.44. The smallest absolute Gasteiger partial charge is 0.309 e. The highest BCUT2D eigenvalue weighted by Crippen LogP contribution is 2.69. The molecule has 0 aromatic rings. The molecule has 180 valence electrons. The zero-order valence-electron chi connectivity index (χ0n) is 20.0. The summed E-state index contributed by atoms with van der Waals surface area (Å²) in [6.45, 7) is 7.15. The van der Waals surface area contributed by atoms with Gasteiger partial charge in [-0.3, -0.25) is 14.4 Å². The summed E-state index contributed by atoms with van der Waals surface area (Å²) in [6.07, 6.45) is 5.39. The fourth-order valence-corrected chi connectivity index (χ4v) is 8.44. The van der Waals surface area contributed by atoms with Crippen molar-refractivity contribution in [3.8, 4) is 0 Å². The molecular formula is C25H38O7. The van der Waals surface area contributed by atoms with Gasteiger partial charge < -0.3 is 19.3 Å². The molecule has 0 heterocycles. The van der Waals surface area contributed by atoms with E-state index in [0.29, 0.717) is 25.2 Å². The van der Waals surface area contributed by atoms with E-state index < -0.39 is 16.9 Å². The van der Waals surface area contributed by atoms with Crippen LogP contribution in [0, 0.1) is 34.5 Å². The van der Waals surface area contributed by atoms with Gasteiger partial charge in [-0.1, -0.05) is 13.8 Å². The van der Waals surface area contributed by atoms with Crippen LogP contribution in [0.25, 0.3) is 0 Å². The van der Waals surface area contributed by atoms with Gasteiger partial charge in [0.1, 0.15) is 12.2 Å². The average Bonchev–Trinajstić information content (AvgIpc) is 2.98. The third kappa shape index (κ3) is 3.37. The minimum absolute atomic E-state index is 0.0119. The van der Waals surface area contributed by atoms with Crippen LogP contribution in [0.3, 0.4) is 0 Å². The van der Waals surface area contributed by atoms with Gasteiger partial charge in [0.05, 0.1) is 18.6 Å². The molecule has 4 rings (SSSR count). The van der Waals surface area contributed by atoms with Crippen molar-refractivity contribution >= 4 is 17.9 Å². The number of aliphatic hydroxyl groups is 1. The lowest BCUT2D eigenvalue weighted by molar-refractivity contribution is -0.250. The lowest BCUT2D eigenvalue weighted by Gasteiger charge is -2.65. The second-order valence-corrected chi connectivity index (χ2v) is 11.2. The number of hydrogen-bond donors (Lipinski definition) is 1. The molecule has 9 atom stereocenters. The first kappa shape index (κ1) is 23.5. The summed E-state index contributed by atoms with van der Waals surface area (Å²) in [4.78, 5) is 36.3. The molecule has 32 heavy (non-hydrogen) atoms. The van der Waals surface area contributed by atoms with E-state index in [1.807, 2.05) is 6.92 Å². The molecule has 0 saturated heterocycles. The van der Waals surface area contributed by atoms with Crippen LogP contribution in [0.1, 0.15) is 79.1 Å². The van der Waals surface area contributed by atoms with Crippen molar-refractivity contribution in [3.63, 3.8) is 0 Å². The van der Waals surface area contributed by atoms with Crippen molar-refractivity contribution < 1.29 is 33.7 Å². The van der Waals surface area contributed by atoms with E-state index in [1.165, 1.54) is 21.0 Å². The molecule has 4 fully saturated rings. The molecule has 4 unspecified atom stereocenters. The highest BCUT2D eigenvalue weighted by molar-refractivity contribution is 5.74. The molecule has 0 bridgehead atoms. The third-order valence-corrected chi connectivity index (χ3v) is 9.85. The molecule has 7 nitrogen and oxygen atoms in total. The lowest BCUT2D eigenvalue weighted by atomic mass is 9.42. The van der Waals surface area contributed by atoms with E-state index in [1.54, 1.807) is 0 Å². The largest absolute Gasteiger partial charge is 0.469 e. The Bertz CT molecular complexity index is 795. The maximum atomic E-state index is 12.6. The van der Waals surface area contributed by atoms with Crippen LogP contribution < -0.4 is 0 Å². The van der Waals surface area contributed by atoms with Gasteiger partial charge in [0.15, 0.2) is 0 Å². The van der Waals surface area contributed by atoms with Crippen LogP contribution in [0.4, 0.5) is 0 Å². The molecule has 0 aliphatic heterocycles. The normalized spacial score (nSPS) is 47.4. The zero-order chi connectivity index (χ0) is 23.5. The zero-order valence-corrected chi connectivity index (χ0v) is 20.0. The number of fused-ring (bicyclic) bond motifs is 5. The molecule has 1 N–H and O–H groups in total. The molecular weight excluding hydrogens is 412 g/mol. The van der Waals surface area contributed by atoms with E-state index in [9.17, 15) is 19.5 Å². The van der Waals surface area contributed by atoms with E-state index in [4.69, 9.17) is 14.2 Å². The van der Waals surface area contributed by atoms with Gasteiger partial charge in [-0.2, -0.15) is 0 Å². The molecule has 0 radical (unpaired) electrons. The van der Waals surface area contributed by atoms with E-state index >= 15 is 0 Å². The summed E-state index contributed by atoms with van der Waals surface area (Å²) >= 11 is 0. The van der Waals surface area contributed by atoms with E-state index in [-0.39, 0.29) is 47.4 Å². The van der Waals surface area contributed by atoms with Crippen LogP contribution in [0.2, 0.25) is 0 Å². The average molecular weight is 451 g/mol. The molecule has 4 saturated carbocycles. The SMILES string of the molecule is COC(=O)[C@H]1CC[C@]2(O)C3CCC4C[C@@H](OC(C)=O)CC[C@]4(C)C3C(OC(C)=O)C[C@]12C. The van der Waals surface area contributed by atoms with Crippen LogP contribution >= 0.6 is 0 Å². The number of carbonyl (C=O) groups is 3. The first-order chi connectivity index (χ1) is 15.0. The Morgan fingerprint density at radius 3 is 2.25 bits per heavy atom. The second-order valence-electron chi connectivity index (χ2n) is 11.2. The summed E-state index contributed by atoms with van der Waals surface area (Å²) in [5.41, 5.74) is -1.81. The first-order valence-electron chi connectivity index (χ1n) is 12.1. The summed E-state index contributed by atoms with van der Waals surface area (Å²) in [7, 11) is 1.39. The monoisotopic (exact) mass is 450 g/mol. The predicted octanol–water partition coefficient (Wildman–Crippen LogP) is 3.41. The maximum Gasteiger partial charge on any atom is 0.309 e. The summed E-state index contributed by atoms with van der Waals surface area (Å²) in [5.74, 6) is -0.954. The van der Waals surface area contributed by atoms with Crippen LogP contribution in [-0.4, -0.2) is 47.9 Å². The number of methoxy groups -OCH3 is 1. The molecule has 4 aliphatic carbocycles. The molecule has 0 aromatic carbocycles. The van der Waals surface area contributed by atoms with Gasteiger partial charge in [0.2, 0.25) is 0 Å². The molecule has 4 aliphatic rings. The van der Waals surface area contributed by atoms with Gasteiger partial charge in [-0.25, -0.2) is 0 Å². The van der Waals surface area contributed by atoms with Gasteiger partial charge in [-0.05, 0) is 68.6 Å². The van der Waals surface area contributed by atoms with Crippen LogP contribution in [0.15, 0.2) is 0 Å². The number of rotatable bonds is 3. The van der Waals surface area contributed by atoms with Gasteiger partial charge in [-0.15, -0.1) is 0 Å². The van der Waals surface area contributed by atoms with Crippen molar-refractivity contribution in [1.82, 2.24) is 0 Å². The summed E-state index contributed by atoms with van der Waals surface area (Å²) in [5, 5.41) is 12.2. The summed E-state index contributed by atoms with van der Waals surface area (Å²) < 4.78 is 16.6. The Morgan fingerprint density at radius 2 is 1.62 bits per heavy atom. The van der Waals surface area contributed by atoms with E-state index in [2.05, 4.69) is 6.92 Å². The van der Waals surface area contributed by atoms with Crippen molar-refractivity contribution in [2.75, 3.05) is 7.11 Å². The van der Waals surface area contributed by atoms with Gasteiger partial charge >= 0.3 is 17.9 Å². The highest BCUT2D eigenvalue weighted by Gasteiger charge is 2.71. The first-order valence-corrected chi connectivity index (χ1v) is 12.1. The molecule has 0 aromatic heterocycles. The predicted molar refractivity (Wildman–Crippen MR) is 115 cm³/mol. The number of ether oxygens (including phenoxy) is 3. The van der Waals surface area contributed by atoms with Crippen molar-refractivity contribution in [1.29, 1.82) is 0 Å². The minimum Gasteiger partial charge on any atom is -0.469 e. The number of carbonyl (C=O) groups excluding carboxylic acids is 3. The Kier molecular flexibility index (Phi) is 5.88. The van der Waals surface area contributed by atoms with Crippen LogP contribution in [-0.2, 0) is 28.6 Å².